The minimum Gasteiger partial charge on any atom is -0.497 e. The minimum absolute atomic E-state index is 0.112. The van der Waals surface area contributed by atoms with E-state index >= 15 is 0 Å². The summed E-state index contributed by atoms with van der Waals surface area (Å²) in [5, 5.41) is 3.00. The van der Waals surface area contributed by atoms with Crippen LogP contribution in [0.1, 0.15) is 38.9 Å². The van der Waals surface area contributed by atoms with Gasteiger partial charge in [-0.25, -0.2) is 4.98 Å². The topological polar surface area (TPSA) is 64.4 Å². The lowest BCUT2D eigenvalue weighted by Gasteiger charge is -2.17. The molecule has 2 aromatic carbocycles. The molecule has 5 heteroatoms. The zero-order valence-electron chi connectivity index (χ0n) is 15.2. The summed E-state index contributed by atoms with van der Waals surface area (Å²) in [6.07, 6.45) is 3.15. The van der Waals surface area contributed by atoms with E-state index in [1.54, 1.807) is 19.6 Å². The number of nitrogens with one attached hydrogen (secondary N) is 1. The van der Waals surface area contributed by atoms with Crippen LogP contribution in [0.25, 0.3) is 0 Å². The van der Waals surface area contributed by atoms with Gasteiger partial charge < -0.3 is 14.5 Å². The third-order valence-corrected chi connectivity index (χ3v) is 4.32. The molecule has 1 heterocycles. The van der Waals surface area contributed by atoms with Gasteiger partial charge in [-0.3, -0.25) is 4.79 Å². The summed E-state index contributed by atoms with van der Waals surface area (Å²) in [4.78, 5) is 16.9. The Morgan fingerprint density at radius 2 is 2.04 bits per heavy atom. The molecule has 3 rings (SSSR count). The minimum atomic E-state index is -0.202. The van der Waals surface area contributed by atoms with E-state index in [4.69, 9.17) is 9.15 Å². The fourth-order valence-corrected chi connectivity index (χ4v) is 2.97. The Morgan fingerprint density at radius 3 is 2.73 bits per heavy atom. The van der Waals surface area contributed by atoms with Gasteiger partial charge in [0.05, 0.1) is 19.2 Å². The zero-order chi connectivity index (χ0) is 18.5. The fraction of sp³-hybridized carbons (Fsp3) is 0.238. The number of aryl methyl sites for hydroxylation is 2. The van der Waals surface area contributed by atoms with Crippen molar-refractivity contribution in [3.05, 3.63) is 83.1 Å². The maximum Gasteiger partial charge on any atom is 0.251 e. The molecule has 0 saturated heterocycles. The second-order valence-electron chi connectivity index (χ2n) is 6.23. The van der Waals surface area contributed by atoms with Crippen molar-refractivity contribution < 1.29 is 13.9 Å². The Hall–Kier alpha value is -3.08. The molecule has 1 N–H and O–H groups in total. The van der Waals surface area contributed by atoms with Crippen LogP contribution in [0.5, 0.6) is 5.75 Å². The van der Waals surface area contributed by atoms with E-state index in [1.807, 2.05) is 50.2 Å². The summed E-state index contributed by atoms with van der Waals surface area (Å²) in [6.45, 7) is 4.30. The van der Waals surface area contributed by atoms with E-state index in [1.165, 1.54) is 0 Å². The van der Waals surface area contributed by atoms with E-state index in [9.17, 15) is 4.79 Å². The second-order valence-corrected chi connectivity index (χ2v) is 6.23. The molecular weight excluding hydrogens is 328 g/mol. The molecule has 0 fully saturated rings. The molecule has 1 unspecified atom stereocenters. The summed E-state index contributed by atoms with van der Waals surface area (Å²) < 4.78 is 10.9. The first-order valence-electron chi connectivity index (χ1n) is 8.47. The van der Waals surface area contributed by atoms with Crippen LogP contribution < -0.4 is 10.1 Å². The summed E-state index contributed by atoms with van der Waals surface area (Å²) >= 11 is 0. The number of nitrogens with zero attached hydrogens (tertiary/aromatic N) is 1. The largest absolute Gasteiger partial charge is 0.497 e. The van der Waals surface area contributed by atoms with Crippen LogP contribution in [0.15, 0.2) is 59.3 Å². The highest BCUT2D eigenvalue weighted by molar-refractivity contribution is 5.95. The molecule has 0 aliphatic rings. The molecule has 3 aromatic rings. The first-order valence-corrected chi connectivity index (χ1v) is 8.47. The van der Waals surface area contributed by atoms with Crippen molar-refractivity contribution in [3.8, 4) is 5.75 Å². The van der Waals surface area contributed by atoms with Gasteiger partial charge in [-0.2, -0.15) is 0 Å². The number of carbonyl (C=O) groups is 1. The molecule has 1 amide bonds. The van der Waals surface area contributed by atoms with Crippen LogP contribution >= 0.6 is 0 Å². The lowest BCUT2D eigenvalue weighted by atomic mass is 9.96. The molecule has 0 radical (unpaired) electrons. The van der Waals surface area contributed by atoms with E-state index in [2.05, 4.69) is 16.4 Å². The van der Waals surface area contributed by atoms with E-state index in [0.29, 0.717) is 18.0 Å². The van der Waals surface area contributed by atoms with Crippen molar-refractivity contribution in [2.45, 2.75) is 19.8 Å². The molecule has 26 heavy (non-hydrogen) atoms. The van der Waals surface area contributed by atoms with Crippen molar-refractivity contribution in [2.75, 3.05) is 13.7 Å². The third-order valence-electron chi connectivity index (χ3n) is 4.32. The van der Waals surface area contributed by atoms with Crippen LogP contribution in [-0.2, 0) is 0 Å². The molecule has 0 spiro atoms. The Morgan fingerprint density at radius 1 is 1.23 bits per heavy atom. The van der Waals surface area contributed by atoms with Crippen LogP contribution in [0.4, 0.5) is 0 Å². The number of oxazole rings is 1. The maximum atomic E-state index is 12.6. The SMILES string of the molecule is COc1cc(C)cc(C(CNC(=O)c2ccccc2C)c2ncco2)c1. The predicted molar refractivity (Wildman–Crippen MR) is 99.6 cm³/mol. The number of methoxy groups -OCH3 is 1. The van der Waals surface area contributed by atoms with Crippen LogP contribution in [0.2, 0.25) is 0 Å². The summed E-state index contributed by atoms with van der Waals surface area (Å²) in [6, 6.07) is 13.5. The molecule has 134 valence electrons. The number of aromatic nitrogens is 1. The molecule has 0 aliphatic carbocycles. The van der Waals surface area contributed by atoms with Gasteiger partial charge in [0, 0.05) is 12.1 Å². The van der Waals surface area contributed by atoms with Gasteiger partial charge in [-0.1, -0.05) is 24.3 Å². The fourth-order valence-electron chi connectivity index (χ4n) is 2.97. The lowest BCUT2D eigenvalue weighted by molar-refractivity contribution is 0.0951. The standard InChI is InChI=1S/C21H22N2O3/c1-14-10-16(12-17(11-14)25-3)19(21-22-8-9-26-21)13-23-20(24)18-7-5-4-6-15(18)2/h4-12,19H,13H2,1-3H3,(H,23,24). The van der Waals surface area contributed by atoms with Gasteiger partial charge >= 0.3 is 0 Å². The third kappa shape index (κ3) is 3.94. The molecule has 1 atom stereocenters. The Labute approximate surface area is 153 Å². The molecular formula is C21H22N2O3. The number of benzene rings is 2. The number of hydrogen-bond donors (Lipinski definition) is 1. The second kappa shape index (κ2) is 7.87. The monoisotopic (exact) mass is 350 g/mol. The van der Waals surface area contributed by atoms with Crippen molar-refractivity contribution >= 4 is 5.91 Å². The maximum absolute atomic E-state index is 12.6. The number of hydrogen-bond acceptors (Lipinski definition) is 4. The molecule has 0 bridgehead atoms. The predicted octanol–water partition coefficient (Wildman–Crippen LogP) is 3.86. The number of carbonyl (C=O) groups excluding carboxylic acids is 1. The van der Waals surface area contributed by atoms with E-state index in [-0.39, 0.29) is 11.8 Å². The van der Waals surface area contributed by atoms with Gasteiger partial charge in [0.2, 0.25) is 5.89 Å². The summed E-state index contributed by atoms with van der Waals surface area (Å²) in [5.74, 6) is 1.01. The van der Waals surface area contributed by atoms with Gasteiger partial charge in [-0.15, -0.1) is 0 Å². The van der Waals surface area contributed by atoms with Gasteiger partial charge in [0.15, 0.2) is 0 Å². The van der Waals surface area contributed by atoms with Gasteiger partial charge in [0.1, 0.15) is 12.0 Å². The number of ether oxygens (including phenoxy) is 1. The molecule has 0 saturated carbocycles. The van der Waals surface area contributed by atoms with Crippen molar-refractivity contribution in [3.63, 3.8) is 0 Å². The average Bonchev–Trinajstić information content (AvgIpc) is 3.16. The average molecular weight is 350 g/mol. The Kier molecular flexibility index (Phi) is 5.37. The molecule has 5 nitrogen and oxygen atoms in total. The van der Waals surface area contributed by atoms with Crippen molar-refractivity contribution in [1.29, 1.82) is 0 Å². The smallest absolute Gasteiger partial charge is 0.251 e. The first-order chi connectivity index (χ1) is 12.6. The lowest BCUT2D eigenvalue weighted by Crippen LogP contribution is -2.29. The van der Waals surface area contributed by atoms with Gasteiger partial charge in [-0.05, 0) is 48.7 Å². The van der Waals surface area contributed by atoms with Crippen molar-refractivity contribution in [2.24, 2.45) is 0 Å². The summed E-state index contributed by atoms with van der Waals surface area (Å²) in [7, 11) is 1.64. The van der Waals surface area contributed by atoms with Crippen molar-refractivity contribution in [1.82, 2.24) is 10.3 Å². The van der Waals surface area contributed by atoms with Crippen LogP contribution in [-0.4, -0.2) is 24.5 Å². The molecule has 1 aromatic heterocycles. The zero-order valence-corrected chi connectivity index (χ0v) is 15.2. The van der Waals surface area contributed by atoms with Crippen LogP contribution in [0.3, 0.4) is 0 Å². The van der Waals surface area contributed by atoms with E-state index in [0.717, 1.165) is 22.4 Å². The Bertz CT molecular complexity index is 888. The van der Waals surface area contributed by atoms with E-state index < -0.39 is 0 Å². The quantitative estimate of drug-likeness (QED) is 0.733. The molecule has 0 aliphatic heterocycles. The first kappa shape index (κ1) is 17.7. The van der Waals surface area contributed by atoms with Crippen LogP contribution in [0, 0.1) is 13.8 Å². The normalized spacial score (nSPS) is 11.8. The highest BCUT2D eigenvalue weighted by Gasteiger charge is 2.21. The number of amides is 1. The number of rotatable bonds is 6. The Balaban J connectivity index is 1.85. The summed E-state index contributed by atoms with van der Waals surface area (Å²) in [5.41, 5.74) is 3.66. The highest BCUT2D eigenvalue weighted by Crippen LogP contribution is 2.27. The highest BCUT2D eigenvalue weighted by atomic mass is 16.5. The van der Waals surface area contributed by atoms with Gasteiger partial charge in [0.25, 0.3) is 5.91 Å².